The van der Waals surface area contributed by atoms with Crippen LogP contribution in [0.5, 0.6) is 0 Å². The van der Waals surface area contributed by atoms with E-state index in [2.05, 4.69) is 54.5 Å². The van der Waals surface area contributed by atoms with Gasteiger partial charge in [-0.15, -0.1) is 0 Å². The molecule has 304 valence electrons. The molecule has 6 aliphatic carbocycles. The van der Waals surface area contributed by atoms with Gasteiger partial charge in [0.2, 0.25) is 11.8 Å². The van der Waals surface area contributed by atoms with E-state index in [1.807, 2.05) is 17.0 Å². The fourth-order valence-corrected chi connectivity index (χ4v) is 14.4. The summed E-state index contributed by atoms with van der Waals surface area (Å²) >= 11 is 0. The fourth-order valence-electron chi connectivity index (χ4n) is 14.4. The number of aliphatic hydroxyl groups is 1. The van der Waals surface area contributed by atoms with Gasteiger partial charge in [-0.25, -0.2) is 4.79 Å². The van der Waals surface area contributed by atoms with Crippen molar-refractivity contribution in [3.63, 3.8) is 0 Å². The summed E-state index contributed by atoms with van der Waals surface area (Å²) < 4.78 is 0. The molecule has 0 spiro atoms. The number of aromatic carboxylic acids is 1. The van der Waals surface area contributed by atoms with Gasteiger partial charge >= 0.3 is 5.97 Å². The number of likely N-dealkylation sites (tertiary alicyclic amines) is 1. The van der Waals surface area contributed by atoms with Crippen LogP contribution in [-0.2, 0) is 14.4 Å². The van der Waals surface area contributed by atoms with Crippen molar-refractivity contribution in [3.05, 3.63) is 52.6 Å². The molecular weight excluding hydrogens is 701 g/mol. The van der Waals surface area contributed by atoms with Gasteiger partial charge in [-0.1, -0.05) is 72.2 Å². The number of fused-ring (bicyclic) bond motifs is 7. The van der Waals surface area contributed by atoms with Crippen molar-refractivity contribution in [1.82, 2.24) is 9.80 Å². The average Bonchev–Trinajstić information content (AvgIpc) is 3.78. The molecule has 8 nitrogen and oxygen atoms in total. The number of allylic oxidation sites excluding steroid dienone is 3. The van der Waals surface area contributed by atoms with E-state index in [-0.39, 0.29) is 64.2 Å². The van der Waals surface area contributed by atoms with Gasteiger partial charge in [0, 0.05) is 37.9 Å². The van der Waals surface area contributed by atoms with Gasteiger partial charge in [0.1, 0.15) is 0 Å². The van der Waals surface area contributed by atoms with Gasteiger partial charge in [0.25, 0.3) is 0 Å². The van der Waals surface area contributed by atoms with Crippen molar-refractivity contribution in [2.24, 2.45) is 56.7 Å². The number of hydrogen-bond donors (Lipinski definition) is 2. The molecule has 8 atom stereocenters. The molecule has 1 heterocycles. The number of carboxylic acid groups (broad SMARTS) is 1. The first-order chi connectivity index (χ1) is 26.4. The van der Waals surface area contributed by atoms with Crippen LogP contribution in [0.2, 0.25) is 0 Å². The number of carbonyl (C=O) groups is 4. The van der Waals surface area contributed by atoms with Crippen molar-refractivity contribution in [1.29, 1.82) is 0 Å². The molecule has 8 heteroatoms. The molecule has 2 N–H and O–H groups in total. The second-order valence-corrected chi connectivity index (χ2v) is 21.0. The Labute approximate surface area is 334 Å². The summed E-state index contributed by atoms with van der Waals surface area (Å²) in [4.78, 5) is 55.8. The highest BCUT2D eigenvalue weighted by atomic mass is 16.4. The lowest BCUT2D eigenvalue weighted by Crippen LogP contribution is -2.64. The third-order valence-corrected chi connectivity index (χ3v) is 17.6. The SMILES string of the molecule is CC(C)C1=C2[C@H]3CC[C@@H]4[C@@]5(C)CC=C(c6ccc(C(=O)O)cc6)C(C)(C)[C@H]5CC[C@@]4(C)[C@]3(C)CC[C@@]2([C@@H](O)CN(CC2CC2)C(=O)CN2CCCC2=O)CC1=O. The van der Waals surface area contributed by atoms with Crippen LogP contribution in [-0.4, -0.2) is 75.9 Å². The minimum atomic E-state index is -0.901. The molecule has 5 fully saturated rings. The molecule has 56 heavy (non-hydrogen) atoms. The number of aliphatic hydroxyl groups excluding tert-OH is 1. The number of amides is 2. The summed E-state index contributed by atoms with van der Waals surface area (Å²) in [5.41, 5.74) is 4.27. The summed E-state index contributed by atoms with van der Waals surface area (Å²) in [5, 5.41) is 22.1. The Morgan fingerprint density at radius 3 is 2.25 bits per heavy atom. The molecular formula is C48H66N2O6. The molecule has 1 aliphatic heterocycles. The smallest absolute Gasteiger partial charge is 0.335 e. The summed E-state index contributed by atoms with van der Waals surface area (Å²) in [6.07, 6.45) is 12.4. The van der Waals surface area contributed by atoms with Gasteiger partial charge in [-0.05, 0) is 144 Å². The lowest BCUT2D eigenvalue weighted by Gasteiger charge is -2.71. The largest absolute Gasteiger partial charge is 0.478 e. The first-order valence-electron chi connectivity index (χ1n) is 21.9. The van der Waals surface area contributed by atoms with Crippen molar-refractivity contribution < 1.29 is 29.4 Å². The van der Waals surface area contributed by atoms with Crippen LogP contribution in [0.3, 0.4) is 0 Å². The molecule has 7 aliphatic rings. The van der Waals surface area contributed by atoms with Gasteiger partial charge in [-0.3, -0.25) is 14.4 Å². The summed E-state index contributed by atoms with van der Waals surface area (Å²) in [5.74, 6) is 0.918. The number of nitrogens with zero attached hydrogens (tertiary/aromatic N) is 2. The van der Waals surface area contributed by atoms with Crippen molar-refractivity contribution in [3.8, 4) is 0 Å². The number of Topliss-reactive ketones (excluding diaryl/α,β-unsaturated/α-hetero) is 1. The number of benzene rings is 1. The number of hydrogen-bond acceptors (Lipinski definition) is 5. The lowest BCUT2D eigenvalue weighted by atomic mass is 9.33. The topological polar surface area (TPSA) is 115 Å². The molecule has 1 aromatic rings. The van der Waals surface area contributed by atoms with Crippen LogP contribution in [0, 0.1) is 56.7 Å². The Bertz CT molecular complexity index is 1870. The Kier molecular flexibility index (Phi) is 9.65. The maximum atomic E-state index is 14.3. The Hall–Kier alpha value is -3.26. The normalized spacial score (nSPS) is 36.8. The fraction of sp³-hybridized carbons (Fsp3) is 0.708. The van der Waals surface area contributed by atoms with Gasteiger partial charge in [0.15, 0.2) is 5.78 Å². The Morgan fingerprint density at radius 1 is 0.911 bits per heavy atom. The van der Waals surface area contributed by atoms with E-state index < -0.39 is 17.5 Å². The maximum Gasteiger partial charge on any atom is 0.335 e. The minimum Gasteiger partial charge on any atom is -0.478 e. The molecule has 0 bridgehead atoms. The molecule has 0 radical (unpaired) electrons. The van der Waals surface area contributed by atoms with E-state index in [0.29, 0.717) is 49.2 Å². The first-order valence-corrected chi connectivity index (χ1v) is 21.9. The zero-order valence-corrected chi connectivity index (χ0v) is 35.1. The number of carboxylic acids is 1. The summed E-state index contributed by atoms with van der Waals surface area (Å²) in [6, 6.07) is 7.44. The molecule has 0 aromatic heterocycles. The van der Waals surface area contributed by atoms with E-state index in [0.717, 1.165) is 75.3 Å². The average molecular weight is 767 g/mol. The van der Waals surface area contributed by atoms with Crippen LogP contribution < -0.4 is 0 Å². The van der Waals surface area contributed by atoms with E-state index in [1.165, 1.54) is 11.1 Å². The lowest BCUT2D eigenvalue weighted by molar-refractivity contribution is -0.200. The quantitative estimate of drug-likeness (QED) is 0.247. The van der Waals surface area contributed by atoms with E-state index >= 15 is 0 Å². The van der Waals surface area contributed by atoms with Crippen LogP contribution in [0.25, 0.3) is 5.57 Å². The summed E-state index contributed by atoms with van der Waals surface area (Å²) in [6.45, 7) is 18.3. The zero-order valence-electron chi connectivity index (χ0n) is 35.1. The van der Waals surface area contributed by atoms with E-state index in [9.17, 15) is 29.4 Å². The van der Waals surface area contributed by atoms with Crippen molar-refractivity contribution >= 4 is 29.1 Å². The maximum absolute atomic E-state index is 14.3. The van der Waals surface area contributed by atoms with Crippen LogP contribution in [0.4, 0.5) is 0 Å². The third-order valence-electron chi connectivity index (χ3n) is 17.6. The second-order valence-electron chi connectivity index (χ2n) is 21.0. The number of ketones is 1. The zero-order chi connectivity index (χ0) is 40.2. The molecule has 1 saturated heterocycles. The summed E-state index contributed by atoms with van der Waals surface area (Å²) in [7, 11) is 0. The predicted octanol–water partition coefficient (Wildman–Crippen LogP) is 8.58. The third kappa shape index (κ3) is 5.91. The van der Waals surface area contributed by atoms with Crippen LogP contribution in [0.15, 0.2) is 41.5 Å². The number of rotatable bonds is 10. The van der Waals surface area contributed by atoms with Gasteiger partial charge in [0.05, 0.1) is 18.2 Å². The monoisotopic (exact) mass is 766 g/mol. The molecule has 1 aromatic carbocycles. The first kappa shape index (κ1) is 39.6. The van der Waals surface area contributed by atoms with Crippen molar-refractivity contribution in [2.75, 3.05) is 26.2 Å². The standard InChI is InChI=1S/C48H66N2O6/c1-29(2)41-35(51)25-48(38(52)27-50(26-30-10-11-30)40(54)28-49-24-8-9-39(49)53)23-22-46(6)34(42(41)48)16-17-37-45(5)20-18-33(31-12-14-32(15-13-31)43(55)56)44(3,4)36(45)19-21-47(37,46)7/h12-15,18,29-30,34,36-38,52H,8-11,16-17,19-28H2,1-7H3,(H,55,56)/t34-,36-,37-,38+,45+,46-,47-,48+/m1/s1. The molecule has 4 saturated carbocycles. The highest BCUT2D eigenvalue weighted by molar-refractivity contribution is 6.01. The van der Waals surface area contributed by atoms with Gasteiger partial charge in [-0.2, -0.15) is 0 Å². The van der Waals surface area contributed by atoms with E-state index in [4.69, 9.17) is 0 Å². The molecule has 0 unspecified atom stereocenters. The second kappa shape index (κ2) is 13.7. The number of carbonyl (C=O) groups excluding carboxylic acids is 3. The molecule has 8 rings (SSSR count). The molecule has 2 amide bonds. The highest BCUT2D eigenvalue weighted by Crippen LogP contribution is 2.77. The minimum absolute atomic E-state index is 0.0381. The predicted molar refractivity (Wildman–Crippen MR) is 217 cm³/mol. The van der Waals surface area contributed by atoms with Gasteiger partial charge < -0.3 is 20.0 Å². The van der Waals surface area contributed by atoms with Crippen LogP contribution >= 0.6 is 0 Å². The van der Waals surface area contributed by atoms with E-state index in [1.54, 1.807) is 17.0 Å². The Balaban J connectivity index is 1.10. The highest BCUT2D eigenvalue weighted by Gasteiger charge is 2.70. The van der Waals surface area contributed by atoms with Crippen LogP contribution in [0.1, 0.15) is 141 Å². The van der Waals surface area contributed by atoms with Crippen molar-refractivity contribution in [2.45, 2.75) is 132 Å². The Morgan fingerprint density at radius 2 is 1.62 bits per heavy atom.